The molecule has 0 saturated carbocycles. The van der Waals surface area contributed by atoms with Gasteiger partial charge in [0.25, 0.3) is 0 Å². The molecular weight excluding hydrogens is 381 g/mol. The lowest BCUT2D eigenvalue weighted by atomic mass is 9.92. The third-order valence-corrected chi connectivity index (χ3v) is 7.20. The highest BCUT2D eigenvalue weighted by Gasteiger charge is 2.28. The molecule has 0 amide bonds. The lowest BCUT2D eigenvalue weighted by molar-refractivity contribution is 0.481. The van der Waals surface area contributed by atoms with Crippen LogP contribution in [-0.2, 0) is 0 Å². The van der Waals surface area contributed by atoms with Crippen molar-refractivity contribution in [3.63, 3.8) is 0 Å². The fraction of sp³-hybridized carbons (Fsp3) is 0.150. The Balaban J connectivity index is 1.84. The smallest absolute Gasteiger partial charge is 0.0786 e. The summed E-state index contributed by atoms with van der Waals surface area (Å²) < 4.78 is 3.10. The molecule has 2 heteroatoms. The zero-order valence-corrected chi connectivity index (χ0v) is 14.9. The molecule has 1 unspecified atom stereocenters. The number of nitrogens with zero attached hydrogens (tertiary/aromatic N) is 1. The normalized spacial score (nSPS) is 20.0. The van der Waals surface area contributed by atoms with Crippen LogP contribution in [0.5, 0.6) is 0 Å². The van der Waals surface area contributed by atoms with Crippen molar-refractivity contribution < 1.29 is 0 Å². The van der Waals surface area contributed by atoms with Crippen molar-refractivity contribution in [3.8, 4) is 0 Å². The van der Waals surface area contributed by atoms with E-state index in [2.05, 4.69) is 85.6 Å². The Labute approximate surface area is 141 Å². The fourth-order valence-electron chi connectivity index (χ4n) is 3.17. The van der Waals surface area contributed by atoms with Gasteiger partial charge >= 0.3 is 0 Å². The summed E-state index contributed by atoms with van der Waals surface area (Å²) >= 11 is -0.0491. The molecule has 4 rings (SSSR count). The number of allylic oxidation sites excluding steroid dienone is 2. The zero-order valence-electron chi connectivity index (χ0n) is 12.8. The number of benzene rings is 2. The number of rotatable bonds is 1. The lowest BCUT2D eigenvalue weighted by Crippen LogP contribution is -2.31. The maximum atomic E-state index is 2.49. The average molecular weight is 399 g/mol. The van der Waals surface area contributed by atoms with E-state index in [0.29, 0.717) is 6.04 Å². The van der Waals surface area contributed by atoms with Crippen molar-refractivity contribution in [2.45, 2.75) is 19.9 Å². The molecule has 2 heterocycles. The van der Waals surface area contributed by atoms with E-state index >= 15 is 0 Å². The van der Waals surface area contributed by atoms with E-state index in [9.17, 15) is 0 Å². The monoisotopic (exact) mass is 399 g/mol. The van der Waals surface area contributed by atoms with E-state index in [1.165, 1.54) is 25.9 Å². The number of fused-ring (bicyclic) bond motifs is 3. The minimum absolute atomic E-state index is 0.0491. The van der Waals surface area contributed by atoms with Gasteiger partial charge in [-0.15, -0.1) is 0 Å². The lowest BCUT2D eigenvalue weighted by Gasteiger charge is -2.37. The van der Waals surface area contributed by atoms with E-state index in [1.807, 2.05) is 0 Å². The van der Waals surface area contributed by atoms with Gasteiger partial charge in [0.1, 0.15) is 0 Å². The highest BCUT2D eigenvalue weighted by molar-refractivity contribution is 14.2. The van der Waals surface area contributed by atoms with Crippen molar-refractivity contribution in [2.75, 3.05) is 0 Å². The molecule has 2 aliphatic rings. The van der Waals surface area contributed by atoms with E-state index < -0.39 is 0 Å². The van der Waals surface area contributed by atoms with Crippen LogP contribution in [0.15, 0.2) is 72.4 Å². The molecular formula is C20H18IN. The largest absolute Gasteiger partial charge is 0.335 e. The molecule has 0 fully saturated rings. The van der Waals surface area contributed by atoms with Gasteiger partial charge < -0.3 is 4.90 Å². The quantitative estimate of drug-likeness (QED) is 0.586. The first-order chi connectivity index (χ1) is 10.7. The van der Waals surface area contributed by atoms with Gasteiger partial charge in [0.05, 0.1) is 6.04 Å². The second-order valence-corrected chi connectivity index (χ2v) is 8.99. The molecule has 0 aliphatic carbocycles. The highest BCUT2D eigenvalue weighted by atomic mass is 127. The zero-order chi connectivity index (χ0) is 15.1. The van der Waals surface area contributed by atoms with E-state index in [1.54, 1.807) is 3.57 Å². The van der Waals surface area contributed by atoms with Gasteiger partial charge in [-0.05, 0) is 36.6 Å². The van der Waals surface area contributed by atoms with Gasteiger partial charge in [-0.2, -0.15) is 0 Å². The summed E-state index contributed by atoms with van der Waals surface area (Å²) in [6, 6.07) is 20.0. The number of hydrogen-bond donors (Lipinski definition) is 0. The average Bonchev–Trinajstić information content (AvgIpc) is 2.55. The van der Waals surface area contributed by atoms with Crippen LogP contribution in [0.4, 0.5) is 0 Å². The Bertz CT molecular complexity index is 815. The van der Waals surface area contributed by atoms with Gasteiger partial charge in [0, 0.05) is 19.0 Å². The molecule has 2 aromatic rings. The predicted molar refractivity (Wildman–Crippen MR) is 103 cm³/mol. The first kappa shape index (κ1) is 13.9. The summed E-state index contributed by atoms with van der Waals surface area (Å²) in [6.45, 7) is 4.53. The molecule has 0 spiro atoms. The van der Waals surface area contributed by atoms with Crippen LogP contribution in [0.3, 0.4) is 0 Å². The molecule has 0 N–H and O–H groups in total. The second-order valence-electron chi connectivity index (χ2n) is 5.72. The Morgan fingerprint density at radius 2 is 1.64 bits per heavy atom. The highest BCUT2D eigenvalue weighted by Crippen LogP contribution is 2.41. The molecule has 22 heavy (non-hydrogen) atoms. The van der Waals surface area contributed by atoms with Gasteiger partial charge in [0.15, 0.2) is 0 Å². The maximum absolute atomic E-state index is 2.49. The fourth-order valence-corrected chi connectivity index (χ4v) is 5.92. The van der Waals surface area contributed by atoms with Crippen molar-refractivity contribution in [1.82, 2.24) is 4.90 Å². The van der Waals surface area contributed by atoms with Gasteiger partial charge in [0.2, 0.25) is 0 Å². The van der Waals surface area contributed by atoms with Gasteiger partial charge in [-0.3, -0.25) is 0 Å². The number of halogens is 1. The molecule has 110 valence electrons. The van der Waals surface area contributed by atoms with Crippen LogP contribution in [0, 0.1) is 3.57 Å². The van der Waals surface area contributed by atoms with Crippen LogP contribution in [0.25, 0.3) is 5.57 Å². The molecule has 0 aromatic heterocycles. The first-order valence-corrected chi connectivity index (χ1v) is 9.71. The van der Waals surface area contributed by atoms with Crippen LogP contribution in [-0.4, -0.2) is 8.53 Å². The van der Waals surface area contributed by atoms with Crippen LogP contribution >= 0.6 is 20.7 Å². The summed E-state index contributed by atoms with van der Waals surface area (Å²) in [6.07, 6.45) is 4.79. The van der Waals surface area contributed by atoms with E-state index in [-0.39, 0.29) is 20.7 Å². The van der Waals surface area contributed by atoms with Crippen molar-refractivity contribution in [2.24, 2.45) is 0 Å². The van der Waals surface area contributed by atoms with Gasteiger partial charge in [-0.1, -0.05) is 75.3 Å². The summed E-state index contributed by atoms with van der Waals surface area (Å²) in [5.74, 6) is 0. The molecule has 2 aliphatic heterocycles. The Kier molecular flexibility index (Phi) is 3.49. The standard InChI is InChI=1S/C20H18IN/c1-14-12-20-17-10-6-7-11-19(17)21-15(2)22(20)13-18(14)16-8-4-3-5-9-16/h3-13,20H,1-2H3. The topological polar surface area (TPSA) is 3.24 Å². The van der Waals surface area contributed by atoms with Crippen molar-refractivity contribution >= 4 is 29.9 Å². The van der Waals surface area contributed by atoms with Crippen molar-refractivity contribution in [3.05, 3.63) is 87.1 Å². The Morgan fingerprint density at radius 3 is 2.45 bits per heavy atom. The maximum Gasteiger partial charge on any atom is 0.0786 e. The molecule has 1 nitrogen and oxygen atoms in total. The molecule has 0 saturated heterocycles. The second kappa shape index (κ2) is 5.51. The molecule has 0 radical (unpaired) electrons. The Hall–Kier alpha value is -1.68. The molecule has 2 aromatic carbocycles. The van der Waals surface area contributed by atoms with Crippen LogP contribution in [0.1, 0.15) is 31.0 Å². The minimum atomic E-state index is -0.0491. The molecule has 1 atom stereocenters. The molecule has 0 bridgehead atoms. The van der Waals surface area contributed by atoms with Crippen molar-refractivity contribution in [1.29, 1.82) is 0 Å². The summed E-state index contributed by atoms with van der Waals surface area (Å²) in [5.41, 5.74) is 5.51. The third-order valence-electron chi connectivity index (χ3n) is 4.30. The van der Waals surface area contributed by atoms with Crippen LogP contribution < -0.4 is 0 Å². The SMILES string of the molecule is CC1=CC2c3ccccc3I=C(C)N2C=C1c1ccccc1. The van der Waals surface area contributed by atoms with Crippen LogP contribution in [0.2, 0.25) is 0 Å². The van der Waals surface area contributed by atoms with E-state index in [4.69, 9.17) is 0 Å². The first-order valence-electron chi connectivity index (χ1n) is 7.56. The van der Waals surface area contributed by atoms with E-state index in [0.717, 1.165) is 0 Å². The predicted octanol–water partition coefficient (Wildman–Crippen LogP) is 5.33. The number of hydrogen-bond acceptors (Lipinski definition) is 1. The summed E-state index contributed by atoms with van der Waals surface area (Å²) in [7, 11) is 0. The minimum Gasteiger partial charge on any atom is -0.335 e. The third kappa shape index (κ3) is 2.26. The van der Waals surface area contributed by atoms with Gasteiger partial charge in [-0.25, -0.2) is 0 Å². The summed E-state index contributed by atoms with van der Waals surface area (Å²) in [5, 5.41) is 0. The Morgan fingerprint density at radius 1 is 0.909 bits per heavy atom. The summed E-state index contributed by atoms with van der Waals surface area (Å²) in [4.78, 5) is 2.49.